The predicted octanol–water partition coefficient (Wildman–Crippen LogP) is 4.77. The third-order valence-electron chi connectivity index (χ3n) is 4.86. The van der Waals surface area contributed by atoms with E-state index < -0.39 is 44.5 Å². The minimum Gasteiger partial charge on any atom is -0.435 e. The number of hydrogen-bond donors (Lipinski definition) is 2. The maximum Gasteiger partial charge on any atom is 0.435 e. The molecule has 0 radical (unpaired) electrons. The molecule has 1 atom stereocenters. The maximum absolute atomic E-state index is 13.5. The molecule has 0 saturated carbocycles. The summed E-state index contributed by atoms with van der Waals surface area (Å²) in [5, 5.41) is 18.3. The summed E-state index contributed by atoms with van der Waals surface area (Å²) < 4.78 is 66.0. The van der Waals surface area contributed by atoms with Gasteiger partial charge < -0.3 is 10.1 Å². The van der Waals surface area contributed by atoms with Crippen LogP contribution >= 0.6 is 0 Å². The average Bonchev–Trinajstić information content (AvgIpc) is 2.74. The molecule has 2 heterocycles. The molecule has 35 heavy (non-hydrogen) atoms. The fourth-order valence-electron chi connectivity index (χ4n) is 3.25. The number of carbonyl (C=O) groups excluding carboxylic acids is 1. The molecular weight excluding hydrogens is 485 g/mol. The Bertz CT molecular complexity index is 1460. The third kappa shape index (κ3) is 5.55. The van der Waals surface area contributed by atoms with Crippen molar-refractivity contribution in [3.63, 3.8) is 0 Å². The molecule has 13 heteroatoms. The van der Waals surface area contributed by atoms with Crippen LogP contribution in [0.25, 0.3) is 0 Å². The summed E-state index contributed by atoms with van der Waals surface area (Å²) >= 11 is 0. The molecule has 0 bridgehead atoms. The number of alkyl halides is 3. The monoisotopic (exact) mass is 504 g/mol. The van der Waals surface area contributed by atoms with E-state index in [0.717, 1.165) is 6.92 Å². The Hall–Kier alpha value is -4.05. The molecule has 0 fully saturated rings. The summed E-state index contributed by atoms with van der Waals surface area (Å²) in [6.45, 7) is 4.20. The number of halogens is 3. The van der Waals surface area contributed by atoms with Gasteiger partial charge in [-0.3, -0.25) is 4.79 Å². The van der Waals surface area contributed by atoms with Crippen molar-refractivity contribution in [3.8, 4) is 17.7 Å². The minimum atomic E-state index is -4.88. The lowest BCUT2D eigenvalue weighted by molar-refractivity contribution is -0.142. The number of pyridine rings is 1. The van der Waals surface area contributed by atoms with Crippen molar-refractivity contribution in [2.75, 3.05) is 11.6 Å². The second-order valence-electron chi connectivity index (χ2n) is 7.63. The van der Waals surface area contributed by atoms with Gasteiger partial charge in [0.2, 0.25) is 0 Å². The molecule has 0 aliphatic heterocycles. The molecule has 3 aromatic rings. The molecule has 1 unspecified atom stereocenters. The van der Waals surface area contributed by atoms with E-state index in [1.54, 1.807) is 6.92 Å². The molecular formula is C22H19F3N6O3S. The van der Waals surface area contributed by atoms with Crippen molar-refractivity contribution in [2.24, 2.45) is 0 Å². The number of nitrogens with one attached hydrogen (secondary N) is 2. The Labute approximate surface area is 199 Å². The van der Waals surface area contributed by atoms with Gasteiger partial charge in [-0.25, -0.2) is 14.0 Å². The summed E-state index contributed by atoms with van der Waals surface area (Å²) in [5.41, 5.74) is -1.48. The summed E-state index contributed by atoms with van der Waals surface area (Å²) in [7, 11) is -3.10. The van der Waals surface area contributed by atoms with Crippen LogP contribution in [0.15, 0.2) is 35.2 Å². The first-order valence-electron chi connectivity index (χ1n) is 9.88. The standard InChI is InChI=1S/C22H19F3N6O3S/c1-11-8-15(10-26)28-13(3)18(11)34-21-17(12(2)19(30-31-21)22(23,24)25)20(32)29-14-6-5-7-16(9-14)35(4,27)33/h5-9,27H,1-4H3,(H,29,32). The molecule has 9 nitrogen and oxygen atoms in total. The van der Waals surface area contributed by atoms with E-state index in [1.807, 2.05) is 6.07 Å². The number of aryl methyl sites for hydroxylation is 2. The maximum atomic E-state index is 13.5. The van der Waals surface area contributed by atoms with E-state index in [-0.39, 0.29) is 27.7 Å². The summed E-state index contributed by atoms with van der Waals surface area (Å²) in [5.74, 6) is -1.38. The van der Waals surface area contributed by atoms with Crippen LogP contribution in [0.2, 0.25) is 0 Å². The number of nitriles is 1. The molecule has 0 saturated heterocycles. The van der Waals surface area contributed by atoms with Gasteiger partial charge >= 0.3 is 6.18 Å². The third-order valence-corrected chi connectivity index (χ3v) is 6.02. The van der Waals surface area contributed by atoms with Crippen LogP contribution < -0.4 is 10.1 Å². The Kier molecular flexibility index (Phi) is 6.80. The van der Waals surface area contributed by atoms with E-state index in [4.69, 9.17) is 14.8 Å². The SMILES string of the molecule is Cc1cc(C#N)nc(C)c1Oc1nnc(C(F)(F)F)c(C)c1C(=O)Nc1cccc(S(C)(=N)=O)c1. The molecule has 3 rings (SSSR count). The van der Waals surface area contributed by atoms with E-state index in [9.17, 15) is 22.2 Å². The van der Waals surface area contributed by atoms with Crippen LogP contribution in [0.3, 0.4) is 0 Å². The molecule has 2 N–H and O–H groups in total. The van der Waals surface area contributed by atoms with Gasteiger partial charge in [-0.05, 0) is 56.2 Å². The lowest BCUT2D eigenvalue weighted by Crippen LogP contribution is -2.21. The Morgan fingerprint density at radius 1 is 1.20 bits per heavy atom. The van der Waals surface area contributed by atoms with Crippen molar-refractivity contribution in [1.82, 2.24) is 15.2 Å². The fraction of sp³-hybridized carbons (Fsp3) is 0.227. The fourth-order valence-corrected chi connectivity index (χ4v) is 3.94. The first-order valence-corrected chi connectivity index (χ1v) is 11.8. The molecule has 182 valence electrons. The van der Waals surface area contributed by atoms with E-state index in [2.05, 4.69) is 20.5 Å². The van der Waals surface area contributed by atoms with Gasteiger partial charge in [0.25, 0.3) is 11.8 Å². The zero-order chi connectivity index (χ0) is 26.1. The van der Waals surface area contributed by atoms with E-state index in [0.29, 0.717) is 5.56 Å². The Morgan fingerprint density at radius 2 is 1.89 bits per heavy atom. The highest BCUT2D eigenvalue weighted by Crippen LogP contribution is 2.36. The second-order valence-corrected chi connectivity index (χ2v) is 9.79. The molecule has 1 amide bonds. The van der Waals surface area contributed by atoms with Crippen LogP contribution in [-0.4, -0.2) is 31.6 Å². The number of hydrogen-bond acceptors (Lipinski definition) is 8. The minimum absolute atomic E-state index is 0.105. The number of anilines is 1. The summed E-state index contributed by atoms with van der Waals surface area (Å²) in [4.78, 5) is 17.3. The zero-order valence-corrected chi connectivity index (χ0v) is 19.8. The topological polar surface area (TPSA) is 142 Å². The first-order chi connectivity index (χ1) is 16.2. The van der Waals surface area contributed by atoms with Crippen molar-refractivity contribution in [2.45, 2.75) is 31.8 Å². The van der Waals surface area contributed by atoms with Crippen molar-refractivity contribution in [3.05, 3.63) is 64.1 Å². The zero-order valence-electron chi connectivity index (χ0n) is 18.9. The number of rotatable bonds is 5. The van der Waals surface area contributed by atoms with E-state index in [1.165, 1.54) is 43.5 Å². The molecule has 0 spiro atoms. The smallest absolute Gasteiger partial charge is 0.435 e. The van der Waals surface area contributed by atoms with Gasteiger partial charge in [-0.1, -0.05) is 6.07 Å². The van der Waals surface area contributed by atoms with Crippen molar-refractivity contribution in [1.29, 1.82) is 10.0 Å². The second kappa shape index (κ2) is 9.30. The van der Waals surface area contributed by atoms with Crippen molar-refractivity contribution < 1.29 is 26.9 Å². The predicted molar refractivity (Wildman–Crippen MR) is 120 cm³/mol. The molecule has 2 aromatic heterocycles. The van der Waals surface area contributed by atoms with E-state index >= 15 is 0 Å². The highest BCUT2D eigenvalue weighted by Gasteiger charge is 2.38. The lowest BCUT2D eigenvalue weighted by Gasteiger charge is -2.17. The van der Waals surface area contributed by atoms with Gasteiger partial charge in [0.05, 0.1) is 15.4 Å². The number of amides is 1. The number of benzene rings is 1. The molecule has 0 aliphatic carbocycles. The number of aromatic nitrogens is 3. The normalized spacial score (nSPS) is 13.0. The van der Waals surface area contributed by atoms with Gasteiger partial charge in [0.15, 0.2) is 11.4 Å². The summed E-state index contributed by atoms with van der Waals surface area (Å²) in [6, 6.07) is 8.92. The van der Waals surface area contributed by atoms with Gasteiger partial charge in [0, 0.05) is 16.8 Å². The van der Waals surface area contributed by atoms with Gasteiger partial charge in [0.1, 0.15) is 17.3 Å². The molecule has 0 aliphatic rings. The van der Waals surface area contributed by atoms with Crippen LogP contribution in [0.4, 0.5) is 18.9 Å². The van der Waals surface area contributed by atoms with Crippen LogP contribution in [-0.2, 0) is 15.9 Å². The Balaban J connectivity index is 2.12. The lowest BCUT2D eigenvalue weighted by atomic mass is 10.1. The highest BCUT2D eigenvalue weighted by atomic mass is 32.2. The average molecular weight is 504 g/mol. The number of nitrogens with zero attached hydrogens (tertiary/aromatic N) is 4. The van der Waals surface area contributed by atoms with Crippen LogP contribution in [0.5, 0.6) is 11.6 Å². The number of carbonyl (C=O) groups is 1. The highest BCUT2D eigenvalue weighted by molar-refractivity contribution is 7.91. The van der Waals surface area contributed by atoms with Crippen molar-refractivity contribution >= 4 is 21.3 Å². The van der Waals surface area contributed by atoms with Gasteiger partial charge in [-0.15, -0.1) is 10.2 Å². The largest absolute Gasteiger partial charge is 0.435 e. The molecule has 1 aromatic carbocycles. The first kappa shape index (κ1) is 25.6. The van der Waals surface area contributed by atoms with Crippen LogP contribution in [0, 0.1) is 36.9 Å². The number of ether oxygens (including phenoxy) is 1. The summed E-state index contributed by atoms with van der Waals surface area (Å²) in [6.07, 6.45) is -3.69. The van der Waals surface area contributed by atoms with Crippen LogP contribution in [0.1, 0.15) is 38.6 Å². The quantitative estimate of drug-likeness (QED) is 0.510. The van der Waals surface area contributed by atoms with Gasteiger partial charge in [-0.2, -0.15) is 18.4 Å². The Morgan fingerprint density at radius 3 is 2.46 bits per heavy atom.